The van der Waals surface area contributed by atoms with Crippen molar-refractivity contribution >= 4 is 21.8 Å². The van der Waals surface area contributed by atoms with Crippen molar-refractivity contribution in [1.29, 1.82) is 0 Å². The molecule has 2 aliphatic heterocycles. The van der Waals surface area contributed by atoms with E-state index in [0.717, 1.165) is 18.4 Å². The summed E-state index contributed by atoms with van der Waals surface area (Å²) in [6, 6.07) is 9.19. The molecule has 0 aliphatic carbocycles. The van der Waals surface area contributed by atoms with Gasteiger partial charge in [-0.1, -0.05) is 30.3 Å². The van der Waals surface area contributed by atoms with Crippen molar-refractivity contribution < 1.29 is 22.7 Å². The molecule has 1 aromatic carbocycles. The van der Waals surface area contributed by atoms with Gasteiger partial charge < -0.3 is 15.0 Å². The van der Waals surface area contributed by atoms with Gasteiger partial charge in [0.2, 0.25) is 5.91 Å². The number of carbonyl (C=O) groups is 2. The fourth-order valence-electron chi connectivity index (χ4n) is 3.90. The molecule has 2 amide bonds. The van der Waals surface area contributed by atoms with E-state index in [1.54, 1.807) is 4.90 Å². The molecule has 0 spiro atoms. The second-order valence-corrected chi connectivity index (χ2v) is 9.35. The van der Waals surface area contributed by atoms with E-state index in [9.17, 15) is 18.0 Å². The topological polar surface area (TPSA) is 92.8 Å². The van der Waals surface area contributed by atoms with E-state index in [1.165, 1.54) is 6.26 Å². The summed E-state index contributed by atoms with van der Waals surface area (Å²) < 4.78 is 28.7. The molecule has 8 heteroatoms. The molecule has 3 rings (SSSR count). The molecule has 3 atom stereocenters. The predicted molar refractivity (Wildman–Crippen MR) is 96.2 cm³/mol. The second kappa shape index (κ2) is 7.65. The Labute approximate surface area is 153 Å². The summed E-state index contributed by atoms with van der Waals surface area (Å²) in [7, 11) is -3.09. The summed E-state index contributed by atoms with van der Waals surface area (Å²) in [5, 5.41) is 2.12. The monoisotopic (exact) mass is 380 g/mol. The summed E-state index contributed by atoms with van der Waals surface area (Å²) in [5.74, 6) is -0.180. The molecule has 142 valence electrons. The summed E-state index contributed by atoms with van der Waals surface area (Å²) in [4.78, 5) is 26.0. The number of piperidine rings is 1. The molecule has 26 heavy (non-hydrogen) atoms. The van der Waals surface area contributed by atoms with Crippen molar-refractivity contribution in [3.05, 3.63) is 35.9 Å². The molecule has 2 saturated heterocycles. The number of alkyl carbamates (subject to hydrolysis) is 1. The lowest BCUT2D eigenvalue weighted by molar-refractivity contribution is -0.134. The minimum absolute atomic E-state index is 0.0527. The van der Waals surface area contributed by atoms with Crippen LogP contribution in [0.2, 0.25) is 0 Å². The number of amides is 2. The number of ether oxygens (including phenoxy) is 1. The van der Waals surface area contributed by atoms with Crippen LogP contribution in [0.5, 0.6) is 0 Å². The van der Waals surface area contributed by atoms with Crippen LogP contribution in [0.1, 0.15) is 31.2 Å². The van der Waals surface area contributed by atoms with Gasteiger partial charge in [-0.15, -0.1) is 0 Å². The zero-order valence-electron chi connectivity index (χ0n) is 14.8. The van der Waals surface area contributed by atoms with Crippen molar-refractivity contribution in [3.8, 4) is 0 Å². The molecule has 0 aromatic heterocycles. The molecule has 1 aromatic rings. The van der Waals surface area contributed by atoms with Crippen molar-refractivity contribution in [3.63, 3.8) is 0 Å². The Balaban J connectivity index is 1.47. The molecule has 0 radical (unpaired) electrons. The van der Waals surface area contributed by atoms with Gasteiger partial charge in [-0.3, -0.25) is 4.79 Å². The van der Waals surface area contributed by atoms with Gasteiger partial charge in [-0.2, -0.15) is 0 Å². The van der Waals surface area contributed by atoms with Crippen LogP contribution in [0.15, 0.2) is 30.3 Å². The molecule has 2 fully saturated rings. The number of fused-ring (bicyclic) bond motifs is 2. The molecule has 1 N–H and O–H groups in total. The largest absolute Gasteiger partial charge is 0.445 e. The van der Waals surface area contributed by atoms with E-state index in [2.05, 4.69) is 5.32 Å². The van der Waals surface area contributed by atoms with Gasteiger partial charge in [0.25, 0.3) is 0 Å². The van der Waals surface area contributed by atoms with Gasteiger partial charge in [0.15, 0.2) is 0 Å². The highest BCUT2D eigenvalue weighted by molar-refractivity contribution is 7.91. The number of carbonyl (C=O) groups excluding carboxylic acids is 2. The minimum Gasteiger partial charge on any atom is -0.445 e. The fourth-order valence-corrected chi connectivity index (χ4v) is 5.04. The Hall–Kier alpha value is -2.09. The van der Waals surface area contributed by atoms with Crippen LogP contribution >= 0.6 is 0 Å². The zero-order valence-corrected chi connectivity index (χ0v) is 15.6. The van der Waals surface area contributed by atoms with Crippen molar-refractivity contribution in [2.75, 3.05) is 12.8 Å². The Morgan fingerprint density at radius 1 is 1.15 bits per heavy atom. The third kappa shape index (κ3) is 4.35. The lowest BCUT2D eigenvalue weighted by atomic mass is 10.0. The van der Waals surface area contributed by atoms with Crippen LogP contribution in [0.3, 0.4) is 0 Å². The van der Waals surface area contributed by atoms with Crippen LogP contribution in [0.4, 0.5) is 4.79 Å². The standard InChI is InChI=1S/C18H24N2O5S/c1-26(23,24)16-9-14-7-8-15(10-16)20(14)17(21)11-19-18(22)25-12-13-5-3-2-4-6-13/h2-6,14-16H,7-12H2,1H3,(H,19,22)/t14-,15+,16?. The first kappa shape index (κ1) is 18.7. The molecule has 2 bridgehead atoms. The van der Waals surface area contributed by atoms with Crippen LogP contribution in [0, 0.1) is 0 Å². The van der Waals surface area contributed by atoms with Crippen LogP contribution in [-0.4, -0.2) is 55.5 Å². The maximum absolute atomic E-state index is 12.5. The first-order valence-electron chi connectivity index (χ1n) is 8.79. The van der Waals surface area contributed by atoms with Crippen molar-refractivity contribution in [1.82, 2.24) is 10.2 Å². The predicted octanol–water partition coefficient (Wildman–Crippen LogP) is 1.48. The minimum atomic E-state index is -3.09. The average molecular weight is 380 g/mol. The Morgan fingerprint density at radius 2 is 1.77 bits per heavy atom. The van der Waals surface area contributed by atoms with Crippen LogP contribution in [0.25, 0.3) is 0 Å². The fraction of sp³-hybridized carbons (Fsp3) is 0.556. The molecule has 2 aliphatic rings. The number of sulfone groups is 1. The maximum Gasteiger partial charge on any atom is 0.407 e. The quantitative estimate of drug-likeness (QED) is 0.835. The number of benzene rings is 1. The highest BCUT2D eigenvalue weighted by Crippen LogP contribution is 2.37. The molecular weight excluding hydrogens is 356 g/mol. The summed E-state index contributed by atoms with van der Waals surface area (Å²) in [5.41, 5.74) is 0.870. The van der Waals surface area contributed by atoms with Gasteiger partial charge in [0.05, 0.1) is 5.25 Å². The number of rotatable bonds is 5. The molecular formula is C18H24N2O5S. The van der Waals surface area contributed by atoms with Gasteiger partial charge in [-0.25, -0.2) is 13.2 Å². The third-order valence-corrected chi connectivity index (χ3v) is 6.78. The number of nitrogens with one attached hydrogen (secondary N) is 1. The van der Waals surface area contributed by atoms with Gasteiger partial charge >= 0.3 is 6.09 Å². The Kier molecular flexibility index (Phi) is 5.50. The van der Waals surface area contributed by atoms with Crippen molar-refractivity contribution in [2.45, 2.75) is 49.6 Å². The highest BCUT2D eigenvalue weighted by atomic mass is 32.2. The lowest BCUT2D eigenvalue weighted by Gasteiger charge is -2.38. The molecule has 1 unspecified atom stereocenters. The lowest BCUT2D eigenvalue weighted by Crippen LogP contribution is -2.52. The van der Waals surface area contributed by atoms with Gasteiger partial charge in [0.1, 0.15) is 23.0 Å². The highest BCUT2D eigenvalue weighted by Gasteiger charge is 2.45. The Bertz CT molecular complexity index is 751. The normalized spacial score (nSPS) is 25.0. The van der Waals surface area contributed by atoms with E-state index in [-0.39, 0.29) is 36.4 Å². The number of nitrogens with zero attached hydrogens (tertiary/aromatic N) is 1. The first-order valence-corrected chi connectivity index (χ1v) is 10.7. The van der Waals surface area contributed by atoms with Crippen LogP contribution in [-0.2, 0) is 26.0 Å². The van der Waals surface area contributed by atoms with E-state index in [4.69, 9.17) is 4.74 Å². The van der Waals surface area contributed by atoms with E-state index >= 15 is 0 Å². The summed E-state index contributed by atoms with van der Waals surface area (Å²) in [6.45, 7) is 0.00995. The molecule has 2 heterocycles. The summed E-state index contributed by atoms with van der Waals surface area (Å²) >= 11 is 0. The van der Waals surface area contributed by atoms with E-state index in [1.807, 2.05) is 30.3 Å². The number of hydrogen-bond acceptors (Lipinski definition) is 5. The van der Waals surface area contributed by atoms with Crippen LogP contribution < -0.4 is 5.32 Å². The Morgan fingerprint density at radius 3 is 2.35 bits per heavy atom. The third-order valence-electron chi connectivity index (χ3n) is 5.18. The summed E-state index contributed by atoms with van der Waals surface area (Å²) in [6.07, 6.45) is 3.24. The van der Waals surface area contributed by atoms with Gasteiger partial charge in [-0.05, 0) is 31.2 Å². The first-order chi connectivity index (χ1) is 12.3. The second-order valence-electron chi connectivity index (χ2n) is 7.02. The number of hydrogen-bond donors (Lipinski definition) is 1. The SMILES string of the molecule is CS(=O)(=O)C1C[C@H]2CC[C@@H](C1)N2C(=O)CNC(=O)OCc1ccccc1. The smallest absolute Gasteiger partial charge is 0.407 e. The molecule has 7 nitrogen and oxygen atoms in total. The van der Waals surface area contributed by atoms with E-state index < -0.39 is 15.9 Å². The molecule has 0 saturated carbocycles. The van der Waals surface area contributed by atoms with E-state index in [0.29, 0.717) is 12.8 Å². The maximum atomic E-state index is 12.5. The van der Waals surface area contributed by atoms with Gasteiger partial charge in [0, 0.05) is 18.3 Å². The zero-order chi connectivity index (χ0) is 18.7. The average Bonchev–Trinajstić information content (AvgIpc) is 2.87. The van der Waals surface area contributed by atoms with Crippen molar-refractivity contribution in [2.24, 2.45) is 0 Å².